The molecule has 4 N–H and O–H groups in total. The Morgan fingerprint density at radius 3 is 2.62 bits per heavy atom. The highest BCUT2D eigenvalue weighted by molar-refractivity contribution is 6.00. The Balaban J connectivity index is 1.05. The van der Waals surface area contributed by atoms with Crippen LogP contribution in [0.25, 0.3) is 11.0 Å². The molecule has 0 radical (unpaired) electrons. The van der Waals surface area contributed by atoms with Gasteiger partial charge in [0.25, 0.3) is 0 Å². The Morgan fingerprint density at radius 2 is 1.84 bits per heavy atom. The van der Waals surface area contributed by atoms with Gasteiger partial charge in [0.1, 0.15) is 5.84 Å². The summed E-state index contributed by atoms with van der Waals surface area (Å²) < 4.78 is 1.87. The molecular formula is C28H33N5O4. The summed E-state index contributed by atoms with van der Waals surface area (Å²) in [4.78, 5) is 35.3. The molecule has 2 aromatic carbocycles. The summed E-state index contributed by atoms with van der Waals surface area (Å²) in [5, 5.41) is 22.4. The van der Waals surface area contributed by atoms with Crippen molar-refractivity contribution in [3.8, 4) is 0 Å². The molecule has 0 unspecified atom stereocenters. The number of amidine groups is 1. The molecule has 9 heteroatoms. The summed E-state index contributed by atoms with van der Waals surface area (Å²) in [5.41, 5.74) is 5.66. The predicted octanol–water partition coefficient (Wildman–Crippen LogP) is 1.97. The maximum Gasteiger partial charge on any atom is 0.326 e. The van der Waals surface area contributed by atoms with Gasteiger partial charge in [-0.15, -0.1) is 0 Å². The van der Waals surface area contributed by atoms with Gasteiger partial charge in [0, 0.05) is 31.5 Å². The lowest BCUT2D eigenvalue weighted by Crippen LogP contribution is -2.44. The summed E-state index contributed by atoms with van der Waals surface area (Å²) in [6.45, 7) is 1.65. The van der Waals surface area contributed by atoms with E-state index in [2.05, 4.69) is 15.2 Å². The Morgan fingerprint density at radius 1 is 1.08 bits per heavy atom. The molecule has 0 bridgehead atoms. The quantitative estimate of drug-likeness (QED) is 0.424. The van der Waals surface area contributed by atoms with Crippen LogP contribution in [0.4, 0.5) is 0 Å². The average molecular weight is 504 g/mol. The van der Waals surface area contributed by atoms with Gasteiger partial charge in [-0.1, -0.05) is 24.3 Å². The number of nitrogens with zero attached hydrogens (tertiary/aromatic N) is 3. The number of amides is 1. The fourth-order valence-electron chi connectivity index (χ4n) is 6.45. The zero-order valence-corrected chi connectivity index (χ0v) is 20.8. The van der Waals surface area contributed by atoms with E-state index in [0.29, 0.717) is 13.0 Å². The van der Waals surface area contributed by atoms with Crippen LogP contribution in [-0.2, 0) is 24.4 Å². The number of piperidine rings is 1. The lowest BCUT2D eigenvalue weighted by atomic mass is 9.78. The van der Waals surface area contributed by atoms with Crippen LogP contribution in [0, 0.1) is 0 Å². The number of aliphatic hydroxyl groups is 2. The summed E-state index contributed by atoms with van der Waals surface area (Å²) in [6.07, 6.45) is 4.12. The van der Waals surface area contributed by atoms with Crippen molar-refractivity contribution in [2.24, 2.45) is 4.99 Å². The lowest BCUT2D eigenvalue weighted by molar-refractivity contribution is -0.121. The number of fused-ring (bicyclic) bond motifs is 4. The van der Waals surface area contributed by atoms with E-state index in [0.717, 1.165) is 66.8 Å². The molecular weight excluding hydrogens is 470 g/mol. The molecule has 3 aromatic rings. The summed E-state index contributed by atoms with van der Waals surface area (Å²) >= 11 is 0. The maximum absolute atomic E-state index is 12.9. The Hall–Kier alpha value is -3.27. The Labute approximate surface area is 214 Å². The number of rotatable bonds is 5. The molecule has 2 aliphatic heterocycles. The number of aliphatic hydroxyl groups excluding tert-OH is 2. The van der Waals surface area contributed by atoms with Crippen molar-refractivity contribution in [1.82, 2.24) is 19.8 Å². The highest BCUT2D eigenvalue weighted by atomic mass is 16.3. The van der Waals surface area contributed by atoms with Crippen molar-refractivity contribution in [2.75, 3.05) is 19.6 Å². The zero-order chi connectivity index (χ0) is 25.5. The largest absolute Gasteiger partial charge is 0.392 e. The Kier molecular flexibility index (Phi) is 6.44. The number of carbonyl (C=O) groups excluding carboxylic acids is 1. The van der Waals surface area contributed by atoms with Crippen LogP contribution in [0.2, 0.25) is 0 Å². The summed E-state index contributed by atoms with van der Waals surface area (Å²) in [5.74, 6) is 0.888. The van der Waals surface area contributed by atoms with E-state index < -0.39 is 0 Å². The number of hydrogen-bond donors (Lipinski definition) is 4. The van der Waals surface area contributed by atoms with Crippen LogP contribution in [-0.4, -0.2) is 62.1 Å². The third-order valence-electron chi connectivity index (χ3n) is 8.31. The fraction of sp³-hybridized carbons (Fsp3) is 0.464. The minimum absolute atomic E-state index is 0.0491. The molecule has 1 saturated heterocycles. The van der Waals surface area contributed by atoms with Gasteiger partial charge in [-0.2, -0.15) is 0 Å². The number of para-hydroxylation sites is 2. The highest BCUT2D eigenvalue weighted by Gasteiger charge is 2.36. The molecule has 6 rings (SSSR count). The third-order valence-corrected chi connectivity index (χ3v) is 8.31. The molecule has 1 amide bonds. The molecule has 2 atom stereocenters. The number of H-pyrrole nitrogens is 1. The van der Waals surface area contributed by atoms with Crippen molar-refractivity contribution in [3.63, 3.8) is 0 Å². The topological polar surface area (TPSA) is 123 Å². The predicted molar refractivity (Wildman–Crippen MR) is 141 cm³/mol. The molecule has 3 aliphatic rings. The van der Waals surface area contributed by atoms with Crippen LogP contribution in [0.3, 0.4) is 0 Å². The van der Waals surface area contributed by atoms with E-state index in [1.165, 1.54) is 11.1 Å². The van der Waals surface area contributed by atoms with Crippen LogP contribution < -0.4 is 11.0 Å². The fourth-order valence-corrected chi connectivity index (χ4v) is 6.45. The number of aromatic nitrogens is 2. The first-order valence-electron chi connectivity index (χ1n) is 13.2. The van der Waals surface area contributed by atoms with Gasteiger partial charge in [-0.25, -0.2) is 4.79 Å². The van der Waals surface area contributed by atoms with Crippen LogP contribution in [0.5, 0.6) is 0 Å². The van der Waals surface area contributed by atoms with Crippen LogP contribution in [0.15, 0.2) is 46.2 Å². The second kappa shape index (κ2) is 9.89. The van der Waals surface area contributed by atoms with E-state index in [1.54, 1.807) is 0 Å². The van der Waals surface area contributed by atoms with Crippen LogP contribution >= 0.6 is 0 Å². The lowest BCUT2D eigenvalue weighted by Gasteiger charge is -2.32. The van der Waals surface area contributed by atoms with Gasteiger partial charge < -0.3 is 20.5 Å². The molecule has 0 saturated carbocycles. The van der Waals surface area contributed by atoms with E-state index >= 15 is 0 Å². The van der Waals surface area contributed by atoms with E-state index in [1.807, 2.05) is 41.0 Å². The third kappa shape index (κ3) is 4.52. The first kappa shape index (κ1) is 24.1. The zero-order valence-electron chi connectivity index (χ0n) is 20.8. The minimum Gasteiger partial charge on any atom is -0.392 e. The van der Waals surface area contributed by atoms with Crippen molar-refractivity contribution in [1.29, 1.82) is 0 Å². The van der Waals surface area contributed by atoms with Gasteiger partial charge in [-0.3, -0.25) is 19.3 Å². The standard InChI is InChI=1S/C28H33N5O4/c34-15-18-11-17-5-6-23-22(21(17)12-19(18)16-35)13-26(29-23)31-27(36)14-32-9-7-20(8-10-32)33-25-4-2-1-3-24(25)30-28(33)37/h1-4,11-12,20,22-23,34-35H,5-10,13-16H2,(H,30,37)(H,29,31,36)/t22-,23+/m0/s1. The molecule has 1 aliphatic carbocycles. The molecule has 1 fully saturated rings. The van der Waals surface area contributed by atoms with E-state index in [-0.39, 0.29) is 42.8 Å². The van der Waals surface area contributed by atoms with Gasteiger partial charge in [0.05, 0.1) is 36.8 Å². The number of carbonyl (C=O) groups is 1. The first-order valence-corrected chi connectivity index (χ1v) is 13.2. The molecule has 194 valence electrons. The molecule has 0 spiro atoms. The number of aromatic amines is 1. The number of aliphatic imine (C=N–C) groups is 1. The van der Waals surface area contributed by atoms with Crippen molar-refractivity contribution in [3.05, 3.63) is 69.1 Å². The second-order valence-electron chi connectivity index (χ2n) is 10.5. The second-order valence-corrected chi connectivity index (χ2v) is 10.5. The van der Waals surface area contributed by atoms with E-state index in [9.17, 15) is 19.8 Å². The maximum atomic E-state index is 12.9. The van der Waals surface area contributed by atoms with Gasteiger partial charge in [-0.05, 0) is 60.1 Å². The molecule has 1 aromatic heterocycles. The number of aryl methyl sites for hydroxylation is 1. The SMILES string of the molecule is O=C(CN1CCC(n2c(=O)[nH]c3ccccc32)CC1)NC1=N[C@@H]2CCc3cc(CO)c(CO)cc3[C@@H]2C1. The smallest absolute Gasteiger partial charge is 0.326 e. The molecule has 3 heterocycles. The highest BCUT2D eigenvalue weighted by Crippen LogP contribution is 2.41. The van der Waals surface area contributed by atoms with Gasteiger partial charge >= 0.3 is 5.69 Å². The summed E-state index contributed by atoms with van der Waals surface area (Å²) in [7, 11) is 0. The van der Waals surface area contributed by atoms with Crippen molar-refractivity contribution in [2.45, 2.75) is 63.3 Å². The Bertz CT molecular complexity index is 1420. The summed E-state index contributed by atoms with van der Waals surface area (Å²) in [6, 6.07) is 12.1. The average Bonchev–Trinajstić information content (AvgIpc) is 3.47. The van der Waals surface area contributed by atoms with Gasteiger partial charge in [0.15, 0.2) is 0 Å². The minimum atomic E-state index is -0.101. The van der Waals surface area contributed by atoms with E-state index in [4.69, 9.17) is 4.99 Å². The van der Waals surface area contributed by atoms with Crippen LogP contribution in [0.1, 0.15) is 59.9 Å². The first-order chi connectivity index (χ1) is 18.0. The number of benzene rings is 2. The molecule has 37 heavy (non-hydrogen) atoms. The number of imidazole rings is 1. The molecule has 9 nitrogen and oxygen atoms in total. The monoisotopic (exact) mass is 503 g/mol. The normalized spacial score (nSPS) is 22.1. The van der Waals surface area contributed by atoms with Crippen molar-refractivity contribution >= 4 is 22.8 Å². The van der Waals surface area contributed by atoms with Crippen molar-refractivity contribution < 1.29 is 15.0 Å². The number of likely N-dealkylation sites (tertiary alicyclic amines) is 1. The van der Waals surface area contributed by atoms with Gasteiger partial charge in [0.2, 0.25) is 5.91 Å². The number of hydrogen-bond acceptors (Lipinski definition) is 6. The number of nitrogens with one attached hydrogen (secondary N) is 2.